The summed E-state index contributed by atoms with van der Waals surface area (Å²) in [6.45, 7) is 4.52. The molecule has 3 nitrogen and oxygen atoms in total. The number of hydrogen-bond acceptors (Lipinski definition) is 4. The van der Waals surface area contributed by atoms with Gasteiger partial charge in [0.2, 0.25) is 0 Å². The highest BCUT2D eigenvalue weighted by Gasteiger charge is 2.10. The molecule has 5 heteroatoms. The van der Waals surface area contributed by atoms with E-state index in [0.29, 0.717) is 22.5 Å². The van der Waals surface area contributed by atoms with Crippen LogP contribution in [-0.2, 0) is 0 Å². The lowest BCUT2D eigenvalue weighted by Gasteiger charge is -2.06. The summed E-state index contributed by atoms with van der Waals surface area (Å²) < 4.78 is 5.39. The smallest absolute Gasteiger partial charge is 0.180 e. The van der Waals surface area contributed by atoms with Crippen molar-refractivity contribution in [3.63, 3.8) is 0 Å². The maximum Gasteiger partial charge on any atom is 0.180 e. The fourth-order valence-corrected chi connectivity index (χ4v) is 2.55. The van der Waals surface area contributed by atoms with Crippen LogP contribution in [0.4, 0.5) is 5.13 Å². The minimum absolute atomic E-state index is 0.572. The number of nitrogen functional groups attached to an aromatic ring is 1. The number of rotatable bonds is 3. The highest BCUT2D eigenvalue weighted by Crippen LogP contribution is 2.33. The van der Waals surface area contributed by atoms with Crippen molar-refractivity contribution in [3.05, 3.63) is 28.1 Å². The van der Waals surface area contributed by atoms with Crippen molar-refractivity contribution in [2.24, 2.45) is 0 Å². The first-order valence-corrected chi connectivity index (χ1v) is 6.47. The number of aryl methyl sites for hydroxylation is 1. The lowest BCUT2D eigenvalue weighted by Crippen LogP contribution is -1.92. The fourth-order valence-electron chi connectivity index (χ4n) is 1.61. The van der Waals surface area contributed by atoms with Crippen LogP contribution in [0.3, 0.4) is 0 Å². The summed E-state index contributed by atoms with van der Waals surface area (Å²) in [6.07, 6.45) is 0. The number of ether oxygens (including phenoxy) is 1. The van der Waals surface area contributed by atoms with E-state index < -0.39 is 0 Å². The maximum atomic E-state index is 6.14. The molecule has 1 aromatic heterocycles. The van der Waals surface area contributed by atoms with Gasteiger partial charge in [-0.3, -0.25) is 0 Å². The highest BCUT2D eigenvalue weighted by atomic mass is 35.5. The van der Waals surface area contributed by atoms with Gasteiger partial charge in [0.25, 0.3) is 0 Å². The van der Waals surface area contributed by atoms with E-state index in [0.717, 1.165) is 16.1 Å². The molecule has 0 aliphatic heterocycles. The van der Waals surface area contributed by atoms with E-state index in [2.05, 4.69) is 4.98 Å². The summed E-state index contributed by atoms with van der Waals surface area (Å²) in [5.74, 6) is 0.693. The van der Waals surface area contributed by atoms with Crippen molar-refractivity contribution in [3.8, 4) is 17.0 Å². The summed E-state index contributed by atoms with van der Waals surface area (Å²) >= 11 is 7.61. The molecule has 0 radical (unpaired) electrons. The SMILES string of the molecule is CCOc1ccc(-c2nc(N)sc2C)cc1Cl. The number of thiazole rings is 1. The number of benzene rings is 1. The van der Waals surface area contributed by atoms with Gasteiger partial charge in [-0.05, 0) is 32.0 Å². The van der Waals surface area contributed by atoms with Gasteiger partial charge in [0, 0.05) is 10.4 Å². The Kier molecular flexibility index (Phi) is 3.54. The Morgan fingerprint density at radius 2 is 2.24 bits per heavy atom. The minimum atomic E-state index is 0.572. The molecule has 17 heavy (non-hydrogen) atoms. The molecule has 0 aliphatic carbocycles. The molecule has 0 atom stereocenters. The normalized spacial score (nSPS) is 10.5. The zero-order valence-corrected chi connectivity index (χ0v) is 11.2. The average molecular weight is 269 g/mol. The van der Waals surface area contributed by atoms with Crippen LogP contribution in [0.2, 0.25) is 5.02 Å². The second-order valence-electron chi connectivity index (χ2n) is 3.54. The molecule has 0 fully saturated rings. The molecule has 0 spiro atoms. The van der Waals surface area contributed by atoms with E-state index in [9.17, 15) is 0 Å². The van der Waals surface area contributed by atoms with Crippen LogP contribution in [0, 0.1) is 6.92 Å². The summed E-state index contributed by atoms with van der Waals surface area (Å²) in [4.78, 5) is 5.38. The van der Waals surface area contributed by atoms with E-state index in [-0.39, 0.29) is 0 Å². The summed E-state index contributed by atoms with van der Waals surface area (Å²) in [6, 6.07) is 5.66. The number of nitrogens with zero attached hydrogens (tertiary/aromatic N) is 1. The summed E-state index contributed by atoms with van der Waals surface area (Å²) in [5.41, 5.74) is 7.53. The molecule has 1 heterocycles. The first kappa shape index (κ1) is 12.2. The van der Waals surface area contributed by atoms with Crippen LogP contribution < -0.4 is 10.5 Å². The average Bonchev–Trinajstić information content (AvgIpc) is 2.61. The standard InChI is InChI=1S/C12H13ClN2OS/c1-3-16-10-5-4-8(6-9(10)13)11-7(2)17-12(14)15-11/h4-6H,3H2,1-2H3,(H2,14,15). The van der Waals surface area contributed by atoms with Gasteiger partial charge in [0.1, 0.15) is 5.75 Å². The first-order valence-electron chi connectivity index (χ1n) is 5.27. The predicted octanol–water partition coefficient (Wildman–Crippen LogP) is 3.75. The third kappa shape index (κ3) is 2.53. The molecule has 0 unspecified atom stereocenters. The van der Waals surface area contributed by atoms with Gasteiger partial charge in [-0.15, -0.1) is 11.3 Å². The Morgan fingerprint density at radius 1 is 1.47 bits per heavy atom. The van der Waals surface area contributed by atoms with Gasteiger partial charge in [-0.2, -0.15) is 0 Å². The summed E-state index contributed by atoms with van der Waals surface area (Å²) in [5, 5.41) is 1.16. The van der Waals surface area contributed by atoms with E-state index in [1.54, 1.807) is 0 Å². The fraction of sp³-hybridized carbons (Fsp3) is 0.250. The lowest BCUT2D eigenvalue weighted by molar-refractivity contribution is 0.340. The Hall–Kier alpha value is -1.26. The van der Waals surface area contributed by atoms with Gasteiger partial charge >= 0.3 is 0 Å². The molecule has 2 rings (SSSR count). The zero-order valence-electron chi connectivity index (χ0n) is 9.66. The molecule has 0 bridgehead atoms. The number of halogens is 1. The molecule has 0 saturated heterocycles. The highest BCUT2D eigenvalue weighted by molar-refractivity contribution is 7.15. The van der Waals surface area contributed by atoms with E-state index in [1.165, 1.54) is 11.3 Å². The van der Waals surface area contributed by atoms with Crippen molar-refractivity contribution < 1.29 is 4.74 Å². The van der Waals surface area contributed by atoms with E-state index in [4.69, 9.17) is 22.1 Å². The van der Waals surface area contributed by atoms with Crippen molar-refractivity contribution in [1.82, 2.24) is 4.98 Å². The summed E-state index contributed by atoms with van der Waals surface area (Å²) in [7, 11) is 0. The van der Waals surface area contributed by atoms with Crippen molar-refractivity contribution in [2.75, 3.05) is 12.3 Å². The first-order chi connectivity index (χ1) is 8.11. The van der Waals surface area contributed by atoms with Gasteiger partial charge in [-0.1, -0.05) is 11.6 Å². The van der Waals surface area contributed by atoms with Crippen molar-refractivity contribution in [2.45, 2.75) is 13.8 Å². The van der Waals surface area contributed by atoms with Crippen LogP contribution >= 0.6 is 22.9 Å². The van der Waals surface area contributed by atoms with Gasteiger partial charge in [0.05, 0.1) is 17.3 Å². The third-order valence-electron chi connectivity index (χ3n) is 2.32. The number of aromatic nitrogens is 1. The number of hydrogen-bond donors (Lipinski definition) is 1. The van der Waals surface area contributed by atoms with Gasteiger partial charge in [-0.25, -0.2) is 4.98 Å². The molecule has 1 aromatic carbocycles. The van der Waals surface area contributed by atoms with Crippen LogP contribution in [0.15, 0.2) is 18.2 Å². The molecular formula is C12H13ClN2OS. The van der Waals surface area contributed by atoms with Gasteiger partial charge in [0.15, 0.2) is 5.13 Å². The Morgan fingerprint density at radius 3 is 2.76 bits per heavy atom. The quantitative estimate of drug-likeness (QED) is 0.922. The maximum absolute atomic E-state index is 6.14. The van der Waals surface area contributed by atoms with Crippen molar-refractivity contribution in [1.29, 1.82) is 0 Å². The molecule has 0 amide bonds. The Labute approximate surface area is 109 Å². The molecular weight excluding hydrogens is 256 g/mol. The third-order valence-corrected chi connectivity index (χ3v) is 3.41. The number of nitrogens with two attached hydrogens (primary N) is 1. The molecule has 0 aliphatic rings. The van der Waals surface area contributed by atoms with Gasteiger partial charge < -0.3 is 10.5 Å². The largest absolute Gasteiger partial charge is 0.492 e. The zero-order chi connectivity index (χ0) is 12.4. The van der Waals surface area contributed by atoms with E-state index >= 15 is 0 Å². The number of anilines is 1. The second-order valence-corrected chi connectivity index (χ2v) is 5.18. The Bertz CT molecular complexity index is 539. The Balaban J connectivity index is 2.41. The second kappa shape index (κ2) is 4.94. The van der Waals surface area contributed by atoms with Crippen LogP contribution in [0.1, 0.15) is 11.8 Å². The molecule has 2 N–H and O–H groups in total. The topological polar surface area (TPSA) is 48.1 Å². The molecule has 0 saturated carbocycles. The predicted molar refractivity (Wildman–Crippen MR) is 72.9 cm³/mol. The monoisotopic (exact) mass is 268 g/mol. The van der Waals surface area contributed by atoms with Crippen LogP contribution in [0.5, 0.6) is 5.75 Å². The molecule has 2 aromatic rings. The van der Waals surface area contributed by atoms with Crippen LogP contribution in [-0.4, -0.2) is 11.6 Å². The van der Waals surface area contributed by atoms with Crippen molar-refractivity contribution >= 4 is 28.1 Å². The van der Waals surface area contributed by atoms with Crippen LogP contribution in [0.25, 0.3) is 11.3 Å². The molecule has 90 valence electrons. The minimum Gasteiger partial charge on any atom is -0.492 e. The van der Waals surface area contributed by atoms with E-state index in [1.807, 2.05) is 32.0 Å². The lowest BCUT2D eigenvalue weighted by atomic mass is 10.1.